The summed E-state index contributed by atoms with van der Waals surface area (Å²) in [5.74, 6) is 2.24. The van der Waals surface area contributed by atoms with Crippen molar-refractivity contribution in [1.29, 1.82) is 0 Å². The van der Waals surface area contributed by atoms with Crippen molar-refractivity contribution in [2.75, 3.05) is 0 Å². The van der Waals surface area contributed by atoms with Gasteiger partial charge in [-0.1, -0.05) is 111 Å². The van der Waals surface area contributed by atoms with Crippen LogP contribution >= 0.6 is 11.6 Å². The molecule has 57 heavy (non-hydrogen) atoms. The molecule has 0 unspecified atom stereocenters. The van der Waals surface area contributed by atoms with E-state index >= 15 is 0 Å². The highest BCUT2D eigenvalue weighted by atomic mass is 35.5. The Morgan fingerprint density at radius 2 is 1.00 bits per heavy atom. The van der Waals surface area contributed by atoms with Gasteiger partial charge in [0.2, 0.25) is 0 Å². The van der Waals surface area contributed by atoms with Crippen LogP contribution in [0.2, 0.25) is 5.02 Å². The summed E-state index contributed by atoms with van der Waals surface area (Å²) in [4.78, 5) is 5.17. The number of hydrogen-bond acceptors (Lipinski definition) is 2. The summed E-state index contributed by atoms with van der Waals surface area (Å²) in [6.45, 7) is 6.76. The molecule has 0 saturated heterocycles. The first kappa shape index (κ1) is 33.5. The first-order valence-corrected chi connectivity index (χ1v) is 19.7. The molecule has 0 aliphatic carbocycles. The molecule has 11 aromatic rings. The van der Waals surface area contributed by atoms with Crippen LogP contribution in [0.4, 0.5) is 0 Å². The molecule has 4 aromatic heterocycles. The molecule has 0 N–H and O–H groups in total. The molecule has 274 valence electrons. The highest BCUT2D eigenvalue weighted by molar-refractivity contribution is 6.40. The van der Waals surface area contributed by atoms with Crippen LogP contribution in [-0.4, -0.2) is 18.7 Å². The monoisotopic (exact) mass is 756 g/mol. The van der Waals surface area contributed by atoms with Gasteiger partial charge in [0.1, 0.15) is 17.3 Å². The van der Waals surface area contributed by atoms with E-state index in [4.69, 9.17) is 21.3 Å². The SMILES string of the molecule is CC(C)(C)c1ccnc(-n2c3cc(Oc4cccc(Cl)c4)ccc3c3c4c(c5ccccc5n4-c4ccccc4)c4c(c5ccccc5n4-c4ccccc4)c32)c1. The van der Waals surface area contributed by atoms with E-state index in [9.17, 15) is 0 Å². The Kier molecular flexibility index (Phi) is 7.41. The van der Waals surface area contributed by atoms with E-state index < -0.39 is 0 Å². The fraction of sp³-hybridized carbons (Fsp3) is 0.0784. The molecule has 11 rings (SSSR count). The van der Waals surface area contributed by atoms with Gasteiger partial charge in [-0.05, 0) is 89.8 Å². The van der Waals surface area contributed by atoms with Crippen molar-refractivity contribution in [1.82, 2.24) is 18.7 Å². The van der Waals surface area contributed by atoms with Gasteiger partial charge >= 0.3 is 0 Å². The van der Waals surface area contributed by atoms with Gasteiger partial charge < -0.3 is 13.9 Å². The molecule has 6 heteroatoms. The van der Waals surface area contributed by atoms with E-state index in [0.717, 1.165) is 61.1 Å². The van der Waals surface area contributed by atoms with Crippen molar-refractivity contribution in [2.45, 2.75) is 26.2 Å². The molecule has 0 atom stereocenters. The smallest absolute Gasteiger partial charge is 0.137 e. The fourth-order valence-electron chi connectivity index (χ4n) is 8.84. The topological polar surface area (TPSA) is 36.9 Å². The molecule has 0 aliphatic heterocycles. The van der Waals surface area contributed by atoms with Crippen LogP contribution < -0.4 is 4.74 Å². The van der Waals surface area contributed by atoms with Crippen LogP contribution in [0, 0.1) is 0 Å². The zero-order valence-electron chi connectivity index (χ0n) is 31.7. The van der Waals surface area contributed by atoms with Gasteiger partial charge in [-0.3, -0.25) is 4.57 Å². The first-order chi connectivity index (χ1) is 27.8. The Labute approximate surface area is 334 Å². The third-order valence-corrected chi connectivity index (χ3v) is 11.5. The molecule has 5 nitrogen and oxygen atoms in total. The van der Waals surface area contributed by atoms with Gasteiger partial charge in [0, 0.05) is 61.0 Å². The van der Waals surface area contributed by atoms with E-state index in [1.807, 2.05) is 30.5 Å². The lowest BCUT2D eigenvalue weighted by Crippen LogP contribution is -2.12. The number of ether oxygens (including phenoxy) is 1. The van der Waals surface area contributed by atoms with Crippen LogP contribution in [0.3, 0.4) is 0 Å². The minimum Gasteiger partial charge on any atom is -0.457 e. The minimum atomic E-state index is -0.0943. The van der Waals surface area contributed by atoms with E-state index in [2.05, 4.69) is 174 Å². The Balaban J connectivity index is 1.44. The Bertz CT molecular complexity index is 3370. The lowest BCUT2D eigenvalue weighted by atomic mass is 9.88. The van der Waals surface area contributed by atoms with Gasteiger partial charge in [-0.15, -0.1) is 0 Å². The fourth-order valence-corrected chi connectivity index (χ4v) is 9.02. The van der Waals surface area contributed by atoms with Crippen molar-refractivity contribution in [3.8, 4) is 28.7 Å². The number of benzene rings is 7. The van der Waals surface area contributed by atoms with E-state index in [0.29, 0.717) is 16.5 Å². The van der Waals surface area contributed by atoms with E-state index in [1.165, 1.54) is 27.1 Å². The summed E-state index contributed by atoms with van der Waals surface area (Å²) in [6.07, 6.45) is 1.95. The van der Waals surface area contributed by atoms with Gasteiger partial charge in [-0.25, -0.2) is 4.98 Å². The molecule has 0 saturated carbocycles. The summed E-state index contributed by atoms with van der Waals surface area (Å²) in [5, 5.41) is 7.62. The van der Waals surface area contributed by atoms with Crippen LogP contribution in [0.5, 0.6) is 11.5 Å². The Hall–Kier alpha value is -6.82. The second-order valence-corrected chi connectivity index (χ2v) is 16.2. The van der Waals surface area contributed by atoms with E-state index in [1.54, 1.807) is 0 Å². The van der Waals surface area contributed by atoms with Gasteiger partial charge in [-0.2, -0.15) is 0 Å². The average molecular weight is 757 g/mol. The molecule has 0 fully saturated rings. The number of nitrogens with zero attached hydrogens (tertiary/aromatic N) is 4. The summed E-state index contributed by atoms with van der Waals surface area (Å²) in [7, 11) is 0. The third kappa shape index (κ3) is 5.12. The predicted octanol–water partition coefficient (Wildman–Crippen LogP) is 14.1. The summed E-state index contributed by atoms with van der Waals surface area (Å²) in [6, 6.07) is 57.5. The number of pyridine rings is 1. The Morgan fingerprint density at radius 1 is 0.474 bits per heavy atom. The van der Waals surface area contributed by atoms with Gasteiger partial charge in [0.05, 0.1) is 33.1 Å². The quantitative estimate of drug-likeness (QED) is 0.175. The number of halogens is 1. The van der Waals surface area contributed by atoms with Crippen LogP contribution in [0.25, 0.3) is 82.6 Å². The zero-order chi connectivity index (χ0) is 38.4. The first-order valence-electron chi connectivity index (χ1n) is 19.3. The molecule has 0 amide bonds. The maximum absolute atomic E-state index is 6.55. The van der Waals surface area contributed by atoms with Crippen molar-refractivity contribution in [3.05, 3.63) is 181 Å². The van der Waals surface area contributed by atoms with E-state index in [-0.39, 0.29) is 5.41 Å². The average Bonchev–Trinajstić information content (AvgIpc) is 3.87. The Morgan fingerprint density at radius 3 is 1.58 bits per heavy atom. The van der Waals surface area contributed by atoms with Gasteiger partial charge in [0.25, 0.3) is 0 Å². The number of para-hydroxylation sites is 4. The molecule has 4 heterocycles. The molecule has 7 aromatic carbocycles. The number of rotatable bonds is 5. The molecule has 0 bridgehead atoms. The van der Waals surface area contributed by atoms with Crippen LogP contribution in [0.15, 0.2) is 170 Å². The minimum absolute atomic E-state index is 0.0943. The lowest BCUT2D eigenvalue weighted by molar-refractivity contribution is 0.483. The summed E-state index contributed by atoms with van der Waals surface area (Å²) in [5.41, 5.74) is 9.99. The van der Waals surface area contributed by atoms with Crippen LogP contribution in [0.1, 0.15) is 26.3 Å². The largest absolute Gasteiger partial charge is 0.457 e. The number of fused-ring (bicyclic) bond motifs is 12. The maximum Gasteiger partial charge on any atom is 0.137 e. The zero-order valence-corrected chi connectivity index (χ0v) is 32.5. The normalized spacial score (nSPS) is 12.2. The molecular formula is C51H37ClN4O. The second kappa shape index (κ2) is 12.6. The third-order valence-electron chi connectivity index (χ3n) is 11.3. The van der Waals surface area contributed by atoms with Gasteiger partial charge in [0.15, 0.2) is 0 Å². The summed E-state index contributed by atoms with van der Waals surface area (Å²) < 4.78 is 13.8. The van der Waals surface area contributed by atoms with Crippen LogP contribution in [-0.2, 0) is 5.41 Å². The second-order valence-electron chi connectivity index (χ2n) is 15.8. The molecule has 0 aliphatic rings. The molecule has 0 radical (unpaired) electrons. The number of aromatic nitrogens is 4. The van der Waals surface area contributed by atoms with Crippen molar-refractivity contribution < 1.29 is 4.74 Å². The lowest BCUT2D eigenvalue weighted by Gasteiger charge is -2.20. The maximum atomic E-state index is 6.55. The van der Waals surface area contributed by atoms with Crippen molar-refractivity contribution >= 4 is 77.0 Å². The van der Waals surface area contributed by atoms with Crippen molar-refractivity contribution in [3.63, 3.8) is 0 Å². The molecule has 0 spiro atoms. The highest BCUT2D eigenvalue weighted by Crippen LogP contribution is 2.50. The molecular weight excluding hydrogens is 720 g/mol. The number of hydrogen-bond donors (Lipinski definition) is 0. The standard InChI is InChI=1S/C51H37ClN4O/c1-51(2,3)32-27-28-53-44(29-32)56-43-31-37(57-36-20-14-15-33(52)30-36)25-26-40(43)47-49-45(38-21-10-12-23-41(38)55(49)35-18-8-5-9-19-35)48-46(50(47)56)39-22-11-13-24-42(39)54(48)34-16-6-4-7-17-34/h4-31H,1-3H3. The highest BCUT2D eigenvalue weighted by Gasteiger charge is 2.29. The predicted molar refractivity (Wildman–Crippen MR) is 237 cm³/mol. The summed E-state index contributed by atoms with van der Waals surface area (Å²) >= 11 is 6.42. The van der Waals surface area contributed by atoms with Crippen molar-refractivity contribution in [2.24, 2.45) is 0 Å².